The Kier molecular flexibility index (Phi) is 7.35. The number of benzene rings is 3. The summed E-state index contributed by atoms with van der Waals surface area (Å²) in [6.45, 7) is 1.95. The Morgan fingerprint density at radius 2 is 1.68 bits per heavy atom. The second-order valence-electron chi connectivity index (χ2n) is 9.12. The van der Waals surface area contributed by atoms with Crippen LogP contribution in [0, 0.1) is 18.3 Å². The lowest BCUT2D eigenvalue weighted by molar-refractivity contribution is -0.139. The zero-order valence-corrected chi connectivity index (χ0v) is 22.5. The fraction of sp³-hybridized carbons (Fsp3) is 0.129. The topological polar surface area (TPSA) is 145 Å². The van der Waals surface area contributed by atoms with E-state index in [1.54, 1.807) is 54.6 Å². The summed E-state index contributed by atoms with van der Waals surface area (Å²) in [5, 5.41) is 14.4. The van der Waals surface area contributed by atoms with Gasteiger partial charge >= 0.3 is 11.9 Å². The summed E-state index contributed by atoms with van der Waals surface area (Å²) in [5.41, 5.74) is 9.69. The second kappa shape index (κ2) is 11.2. The van der Waals surface area contributed by atoms with Crippen LogP contribution in [0.3, 0.4) is 0 Å². The van der Waals surface area contributed by atoms with Gasteiger partial charge in [0.15, 0.2) is 0 Å². The van der Waals surface area contributed by atoms with E-state index < -0.39 is 17.9 Å². The number of esters is 2. The van der Waals surface area contributed by atoms with Gasteiger partial charge in [-0.15, -0.1) is 0 Å². The number of rotatable bonds is 6. The minimum atomic E-state index is -0.963. The van der Waals surface area contributed by atoms with E-state index in [9.17, 15) is 14.9 Å². The summed E-state index contributed by atoms with van der Waals surface area (Å²) in [5.74, 6) is -2.00. The van der Waals surface area contributed by atoms with Crippen LogP contribution >= 0.6 is 0 Å². The summed E-state index contributed by atoms with van der Waals surface area (Å²) in [6, 6.07) is 25.4. The monoisotopic (exact) mass is 547 g/mol. The van der Waals surface area contributed by atoms with Crippen LogP contribution in [-0.4, -0.2) is 36.3 Å². The number of hydrogen-bond acceptors (Lipinski definition) is 10. The number of nitriles is 1. The third kappa shape index (κ3) is 4.81. The summed E-state index contributed by atoms with van der Waals surface area (Å²) in [7, 11) is 2.40. The van der Waals surface area contributed by atoms with Crippen molar-refractivity contribution >= 4 is 17.6 Å². The number of aromatic nitrogens is 2. The van der Waals surface area contributed by atoms with Crippen LogP contribution in [0.25, 0.3) is 22.8 Å². The lowest BCUT2D eigenvalue weighted by Crippen LogP contribution is -2.40. The van der Waals surface area contributed by atoms with E-state index in [-0.39, 0.29) is 28.6 Å². The maximum absolute atomic E-state index is 13.3. The molecule has 2 N–H and O–H groups in total. The van der Waals surface area contributed by atoms with Gasteiger partial charge in [-0.2, -0.15) is 10.2 Å². The first-order valence-electron chi connectivity index (χ1n) is 12.5. The number of allylic oxidation sites excluding steroid dienone is 1. The summed E-state index contributed by atoms with van der Waals surface area (Å²) < 4.78 is 15.8. The standard InChI is InChI=1S/C31H25N5O5/c1-18-10-7-8-15-22(18)28-34-29(41-35-28)20-13-9-14-21(16-20)36-26(31(38)40-3)25(30(37)39-2)24(23(17-32)27(36)33)19-11-5-4-6-12-19/h4-16,24H,33H2,1-3H3. The van der Waals surface area contributed by atoms with Crippen molar-refractivity contribution < 1.29 is 23.6 Å². The van der Waals surface area contributed by atoms with Gasteiger partial charge in [0.25, 0.3) is 5.89 Å². The number of hydrogen-bond donors (Lipinski definition) is 1. The van der Waals surface area contributed by atoms with Gasteiger partial charge in [0.2, 0.25) is 5.82 Å². The summed E-state index contributed by atoms with van der Waals surface area (Å²) in [4.78, 5) is 32.4. The molecule has 1 aromatic heterocycles. The molecule has 0 spiro atoms. The molecule has 4 aromatic rings. The number of carbonyl (C=O) groups is 2. The Hall–Kier alpha value is -5.69. The molecule has 1 aliphatic rings. The molecule has 1 unspecified atom stereocenters. The average Bonchev–Trinajstić information content (AvgIpc) is 3.50. The maximum Gasteiger partial charge on any atom is 0.355 e. The van der Waals surface area contributed by atoms with Crippen molar-refractivity contribution in [2.75, 3.05) is 19.1 Å². The fourth-order valence-corrected chi connectivity index (χ4v) is 4.83. The van der Waals surface area contributed by atoms with Crippen molar-refractivity contribution in [2.24, 2.45) is 5.73 Å². The first kappa shape index (κ1) is 26.9. The van der Waals surface area contributed by atoms with Gasteiger partial charge < -0.3 is 19.7 Å². The Labute approximate surface area is 235 Å². The van der Waals surface area contributed by atoms with E-state index >= 15 is 0 Å². The van der Waals surface area contributed by atoms with Gasteiger partial charge in [0, 0.05) is 16.8 Å². The number of nitrogens with zero attached hydrogens (tertiary/aromatic N) is 4. The van der Waals surface area contributed by atoms with Gasteiger partial charge in [0.1, 0.15) is 11.5 Å². The van der Waals surface area contributed by atoms with Crippen molar-refractivity contribution in [3.05, 3.63) is 113 Å². The van der Waals surface area contributed by atoms with E-state index in [2.05, 4.69) is 16.2 Å². The smallest absolute Gasteiger partial charge is 0.355 e. The zero-order valence-electron chi connectivity index (χ0n) is 22.5. The van der Waals surface area contributed by atoms with Gasteiger partial charge in [0.05, 0.1) is 37.4 Å². The Morgan fingerprint density at radius 1 is 0.976 bits per heavy atom. The molecule has 0 saturated heterocycles. The van der Waals surface area contributed by atoms with Crippen molar-refractivity contribution in [2.45, 2.75) is 12.8 Å². The van der Waals surface area contributed by atoms with Crippen molar-refractivity contribution in [1.29, 1.82) is 5.26 Å². The number of aryl methyl sites for hydroxylation is 1. The van der Waals surface area contributed by atoms with Crippen LogP contribution in [0.4, 0.5) is 5.69 Å². The summed E-state index contributed by atoms with van der Waals surface area (Å²) >= 11 is 0. The molecule has 10 nitrogen and oxygen atoms in total. The van der Waals surface area contributed by atoms with E-state index in [0.717, 1.165) is 11.1 Å². The molecule has 10 heteroatoms. The minimum absolute atomic E-state index is 0.0438. The minimum Gasteiger partial charge on any atom is -0.466 e. The quantitative estimate of drug-likeness (QED) is 0.340. The van der Waals surface area contributed by atoms with Crippen molar-refractivity contribution in [3.63, 3.8) is 0 Å². The van der Waals surface area contributed by atoms with Crippen LogP contribution in [0.15, 0.2) is 106 Å². The first-order chi connectivity index (χ1) is 19.9. The number of carbonyl (C=O) groups excluding carboxylic acids is 2. The Morgan fingerprint density at radius 3 is 2.37 bits per heavy atom. The van der Waals surface area contributed by atoms with Gasteiger partial charge in [-0.3, -0.25) is 4.90 Å². The number of nitrogens with two attached hydrogens (primary N) is 1. The molecule has 1 atom stereocenters. The van der Waals surface area contributed by atoms with Crippen molar-refractivity contribution in [3.8, 4) is 28.9 Å². The molecule has 1 aliphatic heterocycles. The molecule has 2 heterocycles. The van der Waals surface area contributed by atoms with E-state index in [1.165, 1.54) is 19.1 Å². The van der Waals surface area contributed by atoms with Gasteiger partial charge in [-0.25, -0.2) is 9.59 Å². The first-order valence-corrected chi connectivity index (χ1v) is 12.5. The highest BCUT2D eigenvalue weighted by atomic mass is 16.5. The summed E-state index contributed by atoms with van der Waals surface area (Å²) in [6.07, 6.45) is 0. The van der Waals surface area contributed by atoms with E-state index in [1.807, 2.05) is 31.2 Å². The highest BCUT2D eigenvalue weighted by Crippen LogP contribution is 2.43. The lowest BCUT2D eigenvalue weighted by atomic mass is 9.81. The SMILES string of the molecule is COC(=O)C1=C(C(=O)OC)N(c2cccc(-c3nc(-c4ccccc4C)no3)c2)C(N)=C(C#N)C1c1ccccc1. The van der Waals surface area contributed by atoms with Gasteiger partial charge in [-0.05, 0) is 36.2 Å². The molecular formula is C31H25N5O5. The van der Waals surface area contributed by atoms with E-state index in [0.29, 0.717) is 22.6 Å². The average molecular weight is 548 g/mol. The third-order valence-corrected chi connectivity index (χ3v) is 6.77. The van der Waals surface area contributed by atoms with Crippen LogP contribution < -0.4 is 10.6 Å². The van der Waals surface area contributed by atoms with Crippen LogP contribution in [0.1, 0.15) is 17.0 Å². The van der Waals surface area contributed by atoms with Crippen LogP contribution in [-0.2, 0) is 19.1 Å². The molecule has 0 fully saturated rings. The van der Waals surface area contributed by atoms with Crippen molar-refractivity contribution in [1.82, 2.24) is 10.1 Å². The highest BCUT2D eigenvalue weighted by molar-refractivity contribution is 6.06. The zero-order chi connectivity index (χ0) is 29.1. The third-order valence-electron chi connectivity index (χ3n) is 6.77. The molecular weight excluding hydrogens is 522 g/mol. The predicted octanol–water partition coefficient (Wildman–Crippen LogP) is 4.61. The molecule has 0 amide bonds. The van der Waals surface area contributed by atoms with E-state index in [4.69, 9.17) is 19.7 Å². The maximum atomic E-state index is 13.3. The molecule has 0 radical (unpaired) electrons. The highest BCUT2D eigenvalue weighted by Gasteiger charge is 2.43. The number of methoxy groups -OCH3 is 2. The lowest BCUT2D eigenvalue weighted by Gasteiger charge is -2.36. The Bertz CT molecular complexity index is 1750. The molecule has 3 aromatic carbocycles. The molecule has 0 aliphatic carbocycles. The largest absolute Gasteiger partial charge is 0.466 e. The van der Waals surface area contributed by atoms with Gasteiger partial charge in [-0.1, -0.05) is 65.8 Å². The van der Waals surface area contributed by atoms with Crippen LogP contribution in [0.2, 0.25) is 0 Å². The normalized spacial score (nSPS) is 15.0. The molecule has 0 bridgehead atoms. The molecule has 5 rings (SSSR count). The number of anilines is 1. The molecule has 204 valence electrons. The number of ether oxygens (including phenoxy) is 2. The van der Waals surface area contributed by atoms with Crippen LogP contribution in [0.5, 0.6) is 0 Å². The second-order valence-corrected chi connectivity index (χ2v) is 9.12. The molecule has 41 heavy (non-hydrogen) atoms. The predicted molar refractivity (Wildman–Crippen MR) is 149 cm³/mol. The Balaban J connectivity index is 1.69. The fourth-order valence-electron chi connectivity index (χ4n) is 4.83. The molecule has 0 saturated carbocycles.